The summed E-state index contributed by atoms with van der Waals surface area (Å²) in [7, 11) is 0. The van der Waals surface area contributed by atoms with Crippen molar-refractivity contribution in [2.75, 3.05) is 6.54 Å². The summed E-state index contributed by atoms with van der Waals surface area (Å²) in [5, 5.41) is 5.91. The van der Waals surface area contributed by atoms with Crippen LogP contribution in [0.1, 0.15) is 38.8 Å². The molecule has 0 spiro atoms. The van der Waals surface area contributed by atoms with Gasteiger partial charge in [-0.25, -0.2) is 4.79 Å². The van der Waals surface area contributed by atoms with Crippen LogP contribution in [0.15, 0.2) is 24.3 Å². The molecule has 106 valence electrons. The van der Waals surface area contributed by atoms with Gasteiger partial charge >= 0.3 is 6.03 Å². The van der Waals surface area contributed by atoms with Crippen LogP contribution in [0.4, 0.5) is 4.79 Å². The van der Waals surface area contributed by atoms with E-state index in [2.05, 4.69) is 55.7 Å². The molecular formula is C16H26N2O. The van der Waals surface area contributed by atoms with Gasteiger partial charge in [-0.3, -0.25) is 0 Å². The Morgan fingerprint density at radius 1 is 1.21 bits per heavy atom. The van der Waals surface area contributed by atoms with Crippen molar-refractivity contribution in [2.45, 2.75) is 46.6 Å². The van der Waals surface area contributed by atoms with Crippen LogP contribution in [-0.4, -0.2) is 18.1 Å². The van der Waals surface area contributed by atoms with E-state index in [1.807, 2.05) is 13.8 Å². The summed E-state index contributed by atoms with van der Waals surface area (Å²) >= 11 is 0. The molecule has 0 radical (unpaired) electrons. The molecule has 1 aromatic rings. The summed E-state index contributed by atoms with van der Waals surface area (Å²) < 4.78 is 0. The van der Waals surface area contributed by atoms with Crippen molar-refractivity contribution in [2.24, 2.45) is 5.92 Å². The number of urea groups is 1. The maximum absolute atomic E-state index is 11.8. The molecule has 3 nitrogen and oxygen atoms in total. The van der Waals surface area contributed by atoms with Crippen LogP contribution < -0.4 is 10.6 Å². The van der Waals surface area contributed by atoms with Crippen LogP contribution >= 0.6 is 0 Å². The van der Waals surface area contributed by atoms with E-state index in [1.165, 1.54) is 11.1 Å². The SMILES string of the molecule is Cc1ccc(CC(C)(C)NC(=O)NCC(C)C)cc1. The second kappa shape index (κ2) is 6.60. The van der Waals surface area contributed by atoms with E-state index in [4.69, 9.17) is 0 Å². The summed E-state index contributed by atoms with van der Waals surface area (Å²) in [5.74, 6) is 0.464. The van der Waals surface area contributed by atoms with Gasteiger partial charge in [0.2, 0.25) is 0 Å². The number of aryl methyl sites for hydroxylation is 1. The Morgan fingerprint density at radius 3 is 2.32 bits per heavy atom. The number of carbonyl (C=O) groups is 1. The van der Waals surface area contributed by atoms with Gasteiger partial charge in [0, 0.05) is 12.1 Å². The highest BCUT2D eigenvalue weighted by molar-refractivity contribution is 5.74. The molecule has 0 bridgehead atoms. The smallest absolute Gasteiger partial charge is 0.315 e. The summed E-state index contributed by atoms with van der Waals surface area (Å²) in [5.41, 5.74) is 2.24. The van der Waals surface area contributed by atoms with Gasteiger partial charge in [-0.15, -0.1) is 0 Å². The summed E-state index contributed by atoms with van der Waals surface area (Å²) in [6.45, 7) is 11.0. The third-order valence-electron chi connectivity index (χ3n) is 2.89. The summed E-state index contributed by atoms with van der Waals surface area (Å²) in [6, 6.07) is 8.34. The lowest BCUT2D eigenvalue weighted by atomic mass is 9.94. The first-order valence-corrected chi connectivity index (χ1v) is 6.90. The van der Waals surface area contributed by atoms with Gasteiger partial charge in [-0.1, -0.05) is 43.7 Å². The van der Waals surface area contributed by atoms with Gasteiger partial charge in [0.05, 0.1) is 0 Å². The third-order valence-corrected chi connectivity index (χ3v) is 2.89. The number of rotatable bonds is 5. The zero-order valence-corrected chi connectivity index (χ0v) is 12.7. The molecule has 0 aromatic heterocycles. The number of carbonyl (C=O) groups excluding carboxylic acids is 1. The van der Waals surface area contributed by atoms with Crippen molar-refractivity contribution in [3.05, 3.63) is 35.4 Å². The van der Waals surface area contributed by atoms with E-state index >= 15 is 0 Å². The van der Waals surface area contributed by atoms with Crippen LogP contribution in [0, 0.1) is 12.8 Å². The molecule has 0 fully saturated rings. The largest absolute Gasteiger partial charge is 0.338 e. The van der Waals surface area contributed by atoms with Crippen molar-refractivity contribution in [1.29, 1.82) is 0 Å². The molecule has 0 heterocycles. The van der Waals surface area contributed by atoms with Gasteiger partial charge in [-0.05, 0) is 38.7 Å². The fraction of sp³-hybridized carbons (Fsp3) is 0.562. The Balaban J connectivity index is 2.51. The minimum absolute atomic E-state index is 0.0918. The van der Waals surface area contributed by atoms with Crippen LogP contribution in [-0.2, 0) is 6.42 Å². The number of hydrogen-bond donors (Lipinski definition) is 2. The normalized spacial score (nSPS) is 11.5. The summed E-state index contributed by atoms with van der Waals surface area (Å²) in [4.78, 5) is 11.8. The molecule has 1 aromatic carbocycles. The molecule has 0 saturated carbocycles. The zero-order chi connectivity index (χ0) is 14.5. The number of hydrogen-bond acceptors (Lipinski definition) is 1. The highest BCUT2D eigenvalue weighted by Gasteiger charge is 2.20. The molecule has 1 rings (SSSR count). The molecule has 0 aliphatic heterocycles. The number of nitrogens with one attached hydrogen (secondary N) is 2. The van der Waals surface area contributed by atoms with Crippen LogP contribution in [0.5, 0.6) is 0 Å². The van der Waals surface area contributed by atoms with Crippen LogP contribution in [0.25, 0.3) is 0 Å². The molecule has 0 aliphatic rings. The highest BCUT2D eigenvalue weighted by atomic mass is 16.2. The summed E-state index contributed by atoms with van der Waals surface area (Å²) in [6.07, 6.45) is 0.822. The molecule has 2 amide bonds. The first-order valence-electron chi connectivity index (χ1n) is 6.90. The minimum Gasteiger partial charge on any atom is -0.338 e. The molecule has 19 heavy (non-hydrogen) atoms. The Labute approximate surface area is 116 Å². The van der Waals surface area contributed by atoms with Gasteiger partial charge in [0.25, 0.3) is 0 Å². The molecule has 3 heteroatoms. The predicted octanol–water partition coefficient (Wildman–Crippen LogP) is 3.27. The molecule has 2 N–H and O–H groups in total. The second-order valence-corrected chi connectivity index (χ2v) is 6.28. The third kappa shape index (κ3) is 6.27. The first kappa shape index (κ1) is 15.5. The predicted molar refractivity (Wildman–Crippen MR) is 80.3 cm³/mol. The number of amides is 2. The lowest BCUT2D eigenvalue weighted by Gasteiger charge is -2.27. The molecule has 0 aliphatic carbocycles. The van der Waals surface area contributed by atoms with Crippen molar-refractivity contribution >= 4 is 6.03 Å². The Hall–Kier alpha value is -1.51. The molecule has 0 saturated heterocycles. The average molecular weight is 262 g/mol. The fourth-order valence-corrected chi connectivity index (χ4v) is 1.91. The second-order valence-electron chi connectivity index (χ2n) is 6.28. The zero-order valence-electron chi connectivity index (χ0n) is 12.7. The lowest BCUT2D eigenvalue weighted by Crippen LogP contribution is -2.50. The van der Waals surface area contributed by atoms with E-state index in [9.17, 15) is 4.79 Å². The van der Waals surface area contributed by atoms with Crippen LogP contribution in [0.3, 0.4) is 0 Å². The molecular weight excluding hydrogens is 236 g/mol. The average Bonchev–Trinajstić information content (AvgIpc) is 2.28. The monoisotopic (exact) mass is 262 g/mol. The quantitative estimate of drug-likeness (QED) is 0.840. The number of benzene rings is 1. The highest BCUT2D eigenvalue weighted by Crippen LogP contribution is 2.13. The van der Waals surface area contributed by atoms with Gasteiger partial charge < -0.3 is 10.6 Å². The maximum Gasteiger partial charge on any atom is 0.315 e. The first-order chi connectivity index (χ1) is 8.78. The minimum atomic E-state index is -0.254. The fourth-order valence-electron chi connectivity index (χ4n) is 1.91. The molecule has 0 unspecified atom stereocenters. The van der Waals surface area contributed by atoms with Crippen molar-refractivity contribution < 1.29 is 4.79 Å². The van der Waals surface area contributed by atoms with E-state index < -0.39 is 0 Å². The van der Waals surface area contributed by atoms with Gasteiger partial charge in [0.1, 0.15) is 0 Å². The Morgan fingerprint density at radius 2 is 1.79 bits per heavy atom. The lowest BCUT2D eigenvalue weighted by molar-refractivity contribution is 0.228. The Kier molecular flexibility index (Phi) is 5.40. The standard InChI is InChI=1S/C16H26N2O/c1-12(2)11-17-15(19)18-16(4,5)10-14-8-6-13(3)7-9-14/h6-9,12H,10-11H2,1-5H3,(H2,17,18,19). The van der Waals surface area contributed by atoms with Gasteiger partial charge in [-0.2, -0.15) is 0 Å². The molecule has 0 atom stereocenters. The van der Waals surface area contributed by atoms with E-state index in [1.54, 1.807) is 0 Å². The van der Waals surface area contributed by atoms with E-state index in [-0.39, 0.29) is 11.6 Å². The van der Waals surface area contributed by atoms with Crippen molar-refractivity contribution in [3.8, 4) is 0 Å². The van der Waals surface area contributed by atoms with Crippen molar-refractivity contribution in [1.82, 2.24) is 10.6 Å². The maximum atomic E-state index is 11.8. The van der Waals surface area contributed by atoms with E-state index in [0.717, 1.165) is 6.42 Å². The van der Waals surface area contributed by atoms with E-state index in [0.29, 0.717) is 12.5 Å². The van der Waals surface area contributed by atoms with Gasteiger partial charge in [0.15, 0.2) is 0 Å². The Bertz CT molecular complexity index is 407. The van der Waals surface area contributed by atoms with Crippen molar-refractivity contribution in [3.63, 3.8) is 0 Å². The topological polar surface area (TPSA) is 41.1 Å². The van der Waals surface area contributed by atoms with Crippen LogP contribution in [0.2, 0.25) is 0 Å².